The van der Waals surface area contributed by atoms with Crippen molar-refractivity contribution in [2.45, 2.75) is 110 Å². The van der Waals surface area contributed by atoms with E-state index in [2.05, 4.69) is 22.4 Å². The second-order valence-corrected chi connectivity index (χ2v) is 9.01. The van der Waals surface area contributed by atoms with Gasteiger partial charge in [-0.3, -0.25) is 9.08 Å². The topological polar surface area (TPSA) is 83.2 Å². The molecule has 1 heterocycles. The Kier molecular flexibility index (Phi) is 20.4. The zero-order chi connectivity index (χ0) is 21.6. The molecule has 174 valence electrons. The lowest BCUT2D eigenvalue weighted by Crippen LogP contribution is -3.09. The Morgan fingerprint density at radius 3 is 1.59 bits per heavy atom. The minimum Gasteiger partial charge on any atom is -0.726 e. The van der Waals surface area contributed by atoms with E-state index >= 15 is 0 Å². The molecule has 29 heavy (non-hydrogen) atoms. The molecule has 0 aliphatic carbocycles. The molecule has 0 aromatic rings. The molecule has 7 heteroatoms. The minimum absolute atomic E-state index is 0.0914. The van der Waals surface area contributed by atoms with Gasteiger partial charge in [0.1, 0.15) is 6.54 Å². The van der Waals surface area contributed by atoms with Crippen LogP contribution in [0.15, 0.2) is 4.99 Å². The van der Waals surface area contributed by atoms with Crippen LogP contribution in [0.5, 0.6) is 0 Å². The molecule has 0 spiro atoms. The van der Waals surface area contributed by atoms with Crippen molar-refractivity contribution in [2.24, 2.45) is 4.99 Å². The summed E-state index contributed by atoms with van der Waals surface area (Å²) in [7, 11) is -4.42. The van der Waals surface area contributed by atoms with E-state index in [4.69, 9.17) is 0 Å². The number of aliphatic imine (C=N–C) groups is 1. The average molecular weight is 435 g/mol. The van der Waals surface area contributed by atoms with E-state index < -0.39 is 10.4 Å². The summed E-state index contributed by atoms with van der Waals surface area (Å²) in [6.07, 6.45) is 23.9. The van der Waals surface area contributed by atoms with Crippen LogP contribution in [0.4, 0.5) is 0 Å². The highest BCUT2D eigenvalue weighted by Crippen LogP contribution is 2.13. The number of unbranched alkanes of at least 4 members (excludes halogenated alkanes) is 14. The van der Waals surface area contributed by atoms with Gasteiger partial charge in [-0.05, 0) is 19.8 Å². The minimum atomic E-state index is -4.42. The zero-order valence-electron chi connectivity index (χ0n) is 19.0. The van der Waals surface area contributed by atoms with Gasteiger partial charge < -0.3 is 4.55 Å². The van der Waals surface area contributed by atoms with Crippen molar-refractivity contribution in [3.63, 3.8) is 0 Å². The fourth-order valence-corrected chi connectivity index (χ4v) is 3.81. The van der Waals surface area contributed by atoms with Crippen molar-refractivity contribution >= 4 is 16.7 Å². The summed E-state index contributed by atoms with van der Waals surface area (Å²) < 4.78 is 32.0. The first-order valence-corrected chi connectivity index (χ1v) is 13.3. The lowest BCUT2D eigenvalue weighted by molar-refractivity contribution is -0.791. The molecule has 1 rings (SSSR count). The van der Waals surface area contributed by atoms with Crippen molar-refractivity contribution in [1.29, 1.82) is 0 Å². The van der Waals surface area contributed by atoms with Gasteiger partial charge in [-0.15, -0.1) is 0 Å². The second-order valence-electron chi connectivity index (χ2n) is 7.96. The lowest BCUT2D eigenvalue weighted by atomic mass is 10.0. The molecule has 0 radical (unpaired) electrons. The van der Waals surface area contributed by atoms with Crippen molar-refractivity contribution in [3.8, 4) is 0 Å². The third kappa shape index (κ3) is 23.6. The molecule has 0 amide bonds. The number of hydrogen-bond acceptors (Lipinski definition) is 5. The fraction of sp³-hybridized carbons (Fsp3) is 0.955. The summed E-state index contributed by atoms with van der Waals surface area (Å²) in [6.45, 7) is 7.22. The Labute approximate surface area is 180 Å². The highest BCUT2D eigenvalue weighted by molar-refractivity contribution is 7.80. The summed E-state index contributed by atoms with van der Waals surface area (Å²) in [4.78, 5) is 5.88. The van der Waals surface area contributed by atoms with Crippen LogP contribution in [0, 0.1) is 0 Å². The molecule has 0 bridgehead atoms. The number of rotatable bonds is 18. The predicted octanol–water partition coefficient (Wildman–Crippen LogP) is 4.27. The van der Waals surface area contributed by atoms with E-state index in [9.17, 15) is 13.0 Å². The first-order valence-electron chi connectivity index (χ1n) is 11.9. The van der Waals surface area contributed by atoms with Crippen molar-refractivity contribution < 1.29 is 22.1 Å². The number of nitrogens with zero attached hydrogens (tertiary/aromatic N) is 1. The van der Waals surface area contributed by atoms with Gasteiger partial charge in [-0.1, -0.05) is 90.4 Å². The molecule has 0 saturated carbocycles. The quantitative estimate of drug-likeness (QED) is 0.198. The molecular weight excluding hydrogens is 388 g/mol. The van der Waals surface area contributed by atoms with Crippen LogP contribution < -0.4 is 4.90 Å². The molecule has 1 unspecified atom stereocenters. The number of hydrogen-bond donors (Lipinski definition) is 1. The fourth-order valence-electron chi connectivity index (χ4n) is 3.52. The van der Waals surface area contributed by atoms with Crippen LogP contribution in [0.3, 0.4) is 0 Å². The monoisotopic (exact) mass is 434 g/mol. The third-order valence-electron chi connectivity index (χ3n) is 5.20. The molecule has 1 atom stereocenters. The standard InChI is InChI=1S/C20H40N2.C2H6O4S/c1-2-3-4-5-6-7-8-9-10-11-12-13-14-15-16-18-22-19-17-21-20-22;1-2-6-7(3,4)5/h20H,2-19H2,1H3;2H2,1H3,(H,3,4,5). The van der Waals surface area contributed by atoms with Crippen LogP contribution in [-0.4, -0.2) is 45.6 Å². The summed E-state index contributed by atoms with van der Waals surface area (Å²) >= 11 is 0. The van der Waals surface area contributed by atoms with Crippen LogP contribution >= 0.6 is 0 Å². The molecular formula is C22H46N2O4S. The highest BCUT2D eigenvalue weighted by atomic mass is 32.3. The Balaban J connectivity index is 0.000000956. The van der Waals surface area contributed by atoms with Crippen LogP contribution in [-0.2, 0) is 14.6 Å². The van der Waals surface area contributed by atoms with Gasteiger partial charge in [0.15, 0.2) is 6.34 Å². The second kappa shape index (κ2) is 20.8. The maximum Gasteiger partial charge on any atom is 0.217 e. The van der Waals surface area contributed by atoms with Crippen LogP contribution in [0.2, 0.25) is 0 Å². The van der Waals surface area contributed by atoms with Crippen LogP contribution in [0.25, 0.3) is 0 Å². The van der Waals surface area contributed by atoms with E-state index in [1.165, 1.54) is 116 Å². The number of quaternary nitrogens is 1. The van der Waals surface area contributed by atoms with Crippen molar-refractivity contribution in [2.75, 3.05) is 26.2 Å². The summed E-state index contributed by atoms with van der Waals surface area (Å²) in [6, 6.07) is 0. The van der Waals surface area contributed by atoms with Gasteiger partial charge in [0.25, 0.3) is 0 Å². The van der Waals surface area contributed by atoms with E-state index in [0.717, 1.165) is 6.54 Å². The first kappa shape index (κ1) is 28.5. The Hall–Kier alpha value is -0.500. The molecule has 0 saturated heterocycles. The molecule has 0 aromatic heterocycles. The molecule has 1 aliphatic rings. The first-order chi connectivity index (χ1) is 14.0. The highest BCUT2D eigenvalue weighted by Gasteiger charge is 2.09. The summed E-state index contributed by atoms with van der Waals surface area (Å²) in [5.74, 6) is 0. The van der Waals surface area contributed by atoms with E-state index in [1.807, 2.05) is 0 Å². The van der Waals surface area contributed by atoms with Gasteiger partial charge in [0, 0.05) is 0 Å². The van der Waals surface area contributed by atoms with E-state index in [-0.39, 0.29) is 6.61 Å². The Morgan fingerprint density at radius 2 is 1.28 bits per heavy atom. The normalized spacial score (nSPS) is 16.0. The molecule has 1 N–H and O–H groups in total. The van der Waals surface area contributed by atoms with E-state index in [1.54, 1.807) is 4.90 Å². The Morgan fingerprint density at radius 1 is 0.828 bits per heavy atom. The summed E-state index contributed by atoms with van der Waals surface area (Å²) in [5.41, 5.74) is 0. The molecule has 1 aliphatic heterocycles. The molecule has 0 aromatic carbocycles. The van der Waals surface area contributed by atoms with E-state index in [0.29, 0.717) is 0 Å². The van der Waals surface area contributed by atoms with Gasteiger partial charge in [0.2, 0.25) is 10.4 Å². The van der Waals surface area contributed by atoms with Gasteiger partial charge in [-0.2, -0.15) is 0 Å². The number of nitrogens with one attached hydrogen (secondary N) is 1. The maximum atomic E-state index is 9.45. The van der Waals surface area contributed by atoms with Gasteiger partial charge >= 0.3 is 0 Å². The zero-order valence-corrected chi connectivity index (χ0v) is 19.8. The Bertz CT molecular complexity index is 469. The van der Waals surface area contributed by atoms with Crippen molar-refractivity contribution in [1.82, 2.24) is 0 Å². The lowest BCUT2D eigenvalue weighted by Gasteiger charge is -2.07. The largest absolute Gasteiger partial charge is 0.726 e. The third-order valence-corrected chi connectivity index (χ3v) is 5.72. The smallest absolute Gasteiger partial charge is 0.217 e. The molecule has 0 fully saturated rings. The van der Waals surface area contributed by atoms with Gasteiger partial charge in [0.05, 0.1) is 19.7 Å². The maximum absolute atomic E-state index is 9.45. The summed E-state index contributed by atoms with van der Waals surface area (Å²) in [5, 5.41) is 0. The van der Waals surface area contributed by atoms with Crippen molar-refractivity contribution in [3.05, 3.63) is 0 Å². The van der Waals surface area contributed by atoms with Crippen LogP contribution in [0.1, 0.15) is 110 Å². The average Bonchev–Trinajstić information content (AvgIpc) is 3.18. The SMILES string of the molecule is CCCCCCCCCCCCCCCCC[NH+]1C=NCC1.CCOS(=O)(=O)[O-]. The van der Waals surface area contributed by atoms with Gasteiger partial charge in [-0.25, -0.2) is 13.4 Å². The predicted molar refractivity (Wildman–Crippen MR) is 120 cm³/mol. The molecule has 6 nitrogen and oxygen atoms in total.